The maximum Gasteiger partial charge on any atom is 0.248 e. The molecule has 4 nitrogen and oxygen atoms in total. The summed E-state index contributed by atoms with van der Waals surface area (Å²) in [5, 5.41) is 5.01. The number of nitrogens with one attached hydrogen (secondary N) is 1. The van der Waals surface area contributed by atoms with Crippen LogP contribution in [0, 0.1) is 12.7 Å². The zero-order chi connectivity index (χ0) is 22.5. The summed E-state index contributed by atoms with van der Waals surface area (Å²) in [6.45, 7) is 1.90. The van der Waals surface area contributed by atoms with E-state index in [4.69, 9.17) is 0 Å². The molecule has 0 bridgehead atoms. The number of hydrogen-bond acceptors (Lipinski definition) is 3. The molecule has 1 fully saturated rings. The van der Waals surface area contributed by atoms with Crippen LogP contribution in [-0.4, -0.2) is 17.9 Å². The quantitative estimate of drug-likeness (QED) is 0.511. The Balaban J connectivity index is 1.79. The van der Waals surface area contributed by atoms with Gasteiger partial charge in [-0.2, -0.15) is 0 Å². The Hall–Kier alpha value is -2.99. The second kappa shape index (κ2) is 10.1. The fraction of sp³-hybridized carbons (Fsp3) is 0.308. The number of carbonyl (C=O) groups is 2. The molecule has 1 saturated carbocycles. The highest BCUT2D eigenvalue weighted by Gasteiger charge is 2.36. The zero-order valence-corrected chi connectivity index (χ0v) is 18.9. The molecule has 3 aromatic rings. The van der Waals surface area contributed by atoms with Crippen molar-refractivity contribution >= 4 is 28.8 Å². The topological polar surface area (TPSA) is 49.4 Å². The molecule has 0 unspecified atom stereocenters. The first-order valence-corrected chi connectivity index (χ1v) is 11.9. The van der Waals surface area contributed by atoms with Gasteiger partial charge in [0.1, 0.15) is 11.9 Å². The lowest BCUT2D eigenvalue weighted by atomic mass is 10.00. The van der Waals surface area contributed by atoms with Crippen molar-refractivity contribution in [3.63, 3.8) is 0 Å². The third-order valence-electron chi connectivity index (χ3n) is 5.96. The maximum absolute atomic E-state index is 15.0. The van der Waals surface area contributed by atoms with Crippen LogP contribution >= 0.6 is 11.3 Å². The van der Waals surface area contributed by atoms with Crippen LogP contribution in [-0.2, 0) is 16.0 Å². The van der Waals surface area contributed by atoms with Gasteiger partial charge in [-0.15, -0.1) is 11.3 Å². The molecule has 1 aliphatic rings. The van der Waals surface area contributed by atoms with E-state index >= 15 is 4.39 Å². The molecule has 1 atom stereocenters. The monoisotopic (exact) mass is 450 g/mol. The lowest BCUT2D eigenvalue weighted by Gasteiger charge is -2.33. The molecule has 0 radical (unpaired) electrons. The standard InChI is InChI=1S/C26H27FN2O2S/c1-18-9-2-7-15-23(18)29(24(30)17-20-12-8-16-32-20)25(21-13-5-6-14-22(21)27)26(31)28-19-10-3-4-11-19/h2,5-9,12-16,19,25H,3-4,10-11,17H2,1H3,(H,28,31)/t25-/m1/s1. The lowest BCUT2D eigenvalue weighted by molar-refractivity contribution is -0.127. The zero-order valence-electron chi connectivity index (χ0n) is 18.1. The fourth-order valence-electron chi connectivity index (χ4n) is 4.34. The average molecular weight is 451 g/mol. The third-order valence-corrected chi connectivity index (χ3v) is 6.83. The van der Waals surface area contributed by atoms with Crippen molar-refractivity contribution in [3.8, 4) is 0 Å². The second-order valence-electron chi connectivity index (χ2n) is 8.22. The largest absolute Gasteiger partial charge is 0.351 e. The van der Waals surface area contributed by atoms with E-state index in [0.717, 1.165) is 36.1 Å². The molecule has 2 aromatic carbocycles. The van der Waals surface area contributed by atoms with E-state index in [0.29, 0.717) is 5.69 Å². The van der Waals surface area contributed by atoms with Crippen LogP contribution in [0.3, 0.4) is 0 Å². The third kappa shape index (κ3) is 4.91. The number of carbonyl (C=O) groups excluding carboxylic acids is 2. The van der Waals surface area contributed by atoms with E-state index in [1.165, 1.54) is 22.3 Å². The normalized spacial score (nSPS) is 14.8. The van der Waals surface area contributed by atoms with Crippen molar-refractivity contribution in [1.29, 1.82) is 0 Å². The highest BCUT2D eigenvalue weighted by molar-refractivity contribution is 7.10. The van der Waals surface area contributed by atoms with E-state index < -0.39 is 11.9 Å². The van der Waals surface area contributed by atoms with Crippen molar-refractivity contribution in [2.45, 2.75) is 51.1 Å². The van der Waals surface area contributed by atoms with Crippen molar-refractivity contribution < 1.29 is 14.0 Å². The van der Waals surface area contributed by atoms with E-state index in [-0.39, 0.29) is 29.8 Å². The average Bonchev–Trinajstić information content (AvgIpc) is 3.48. The van der Waals surface area contributed by atoms with Crippen molar-refractivity contribution in [2.75, 3.05) is 4.90 Å². The van der Waals surface area contributed by atoms with Crippen LogP contribution in [0.2, 0.25) is 0 Å². The van der Waals surface area contributed by atoms with Gasteiger partial charge in [-0.3, -0.25) is 14.5 Å². The summed E-state index contributed by atoms with van der Waals surface area (Å²) in [4.78, 5) is 29.7. The van der Waals surface area contributed by atoms with Gasteiger partial charge in [-0.1, -0.05) is 55.3 Å². The van der Waals surface area contributed by atoms with Crippen LogP contribution in [0.25, 0.3) is 0 Å². The van der Waals surface area contributed by atoms with Crippen molar-refractivity contribution in [1.82, 2.24) is 5.32 Å². The molecule has 6 heteroatoms. The van der Waals surface area contributed by atoms with Gasteiger partial charge < -0.3 is 5.32 Å². The Labute approximate surface area is 192 Å². The first-order valence-electron chi connectivity index (χ1n) is 11.0. The minimum absolute atomic E-state index is 0.0582. The number of thiophene rings is 1. The van der Waals surface area contributed by atoms with Crippen LogP contribution in [0.4, 0.5) is 10.1 Å². The van der Waals surface area contributed by atoms with Gasteiger partial charge in [0.2, 0.25) is 11.8 Å². The molecule has 1 aliphatic carbocycles. The van der Waals surface area contributed by atoms with Gasteiger partial charge >= 0.3 is 0 Å². The van der Waals surface area contributed by atoms with Crippen LogP contribution in [0.5, 0.6) is 0 Å². The molecule has 166 valence electrons. The Morgan fingerprint density at radius 2 is 1.78 bits per heavy atom. The van der Waals surface area contributed by atoms with Crippen LogP contribution in [0.1, 0.15) is 47.7 Å². The molecule has 1 heterocycles. The number of aryl methyl sites for hydroxylation is 1. The van der Waals surface area contributed by atoms with Crippen molar-refractivity contribution in [3.05, 3.63) is 87.9 Å². The Kier molecular flexibility index (Phi) is 7.00. The maximum atomic E-state index is 15.0. The molecule has 1 N–H and O–H groups in total. The minimum Gasteiger partial charge on any atom is -0.351 e. The number of hydrogen-bond donors (Lipinski definition) is 1. The van der Waals surface area contributed by atoms with Gasteiger partial charge in [-0.05, 0) is 48.9 Å². The predicted octanol–water partition coefficient (Wildman–Crippen LogP) is 5.57. The minimum atomic E-state index is -1.09. The number of amides is 2. The summed E-state index contributed by atoms with van der Waals surface area (Å²) >= 11 is 1.49. The summed E-state index contributed by atoms with van der Waals surface area (Å²) in [6, 6.07) is 16.4. The summed E-state index contributed by atoms with van der Waals surface area (Å²) in [5.74, 6) is -1.08. The van der Waals surface area contributed by atoms with Gasteiger partial charge in [-0.25, -0.2) is 4.39 Å². The number of benzene rings is 2. The first kappa shape index (κ1) is 22.2. The molecule has 0 spiro atoms. The van der Waals surface area contributed by atoms with E-state index in [9.17, 15) is 9.59 Å². The van der Waals surface area contributed by atoms with Crippen LogP contribution in [0.15, 0.2) is 66.0 Å². The molecular formula is C26H27FN2O2S. The molecule has 0 aliphatic heterocycles. The summed E-state index contributed by atoms with van der Waals surface area (Å²) in [7, 11) is 0. The number of rotatable bonds is 7. The SMILES string of the molecule is Cc1ccccc1N(C(=O)Cc1cccs1)[C@@H](C(=O)NC1CCCC1)c1ccccc1F. The Morgan fingerprint density at radius 1 is 1.06 bits per heavy atom. The van der Waals surface area contributed by atoms with Gasteiger partial charge in [0.25, 0.3) is 0 Å². The highest BCUT2D eigenvalue weighted by atomic mass is 32.1. The molecule has 0 saturated heterocycles. The van der Waals surface area contributed by atoms with E-state index in [1.54, 1.807) is 18.2 Å². The van der Waals surface area contributed by atoms with E-state index in [1.807, 2.05) is 48.7 Å². The van der Waals surface area contributed by atoms with Gasteiger partial charge in [0, 0.05) is 22.2 Å². The summed E-state index contributed by atoms with van der Waals surface area (Å²) in [5.41, 5.74) is 1.66. The number of para-hydroxylation sites is 1. The Bertz CT molecular complexity index is 1080. The van der Waals surface area contributed by atoms with E-state index in [2.05, 4.69) is 5.32 Å². The molecule has 4 rings (SSSR count). The first-order chi connectivity index (χ1) is 15.5. The Morgan fingerprint density at radius 3 is 2.47 bits per heavy atom. The summed E-state index contributed by atoms with van der Waals surface area (Å²) in [6.07, 6.45) is 4.09. The van der Waals surface area contributed by atoms with Crippen molar-refractivity contribution in [2.24, 2.45) is 0 Å². The molecule has 1 aromatic heterocycles. The fourth-order valence-corrected chi connectivity index (χ4v) is 5.04. The molecular weight excluding hydrogens is 423 g/mol. The van der Waals surface area contributed by atoms with Crippen LogP contribution < -0.4 is 10.2 Å². The van der Waals surface area contributed by atoms with Gasteiger partial charge in [0.15, 0.2) is 0 Å². The smallest absolute Gasteiger partial charge is 0.248 e. The summed E-state index contributed by atoms with van der Waals surface area (Å²) < 4.78 is 15.0. The lowest BCUT2D eigenvalue weighted by Crippen LogP contribution is -2.47. The number of anilines is 1. The highest BCUT2D eigenvalue weighted by Crippen LogP contribution is 2.33. The second-order valence-corrected chi connectivity index (χ2v) is 9.25. The molecule has 2 amide bonds. The number of nitrogens with zero attached hydrogens (tertiary/aromatic N) is 1. The number of halogens is 1. The van der Waals surface area contributed by atoms with Gasteiger partial charge in [0.05, 0.1) is 6.42 Å². The predicted molar refractivity (Wildman–Crippen MR) is 126 cm³/mol. The molecule has 32 heavy (non-hydrogen) atoms.